The zero-order valence-corrected chi connectivity index (χ0v) is 20.4. The fourth-order valence-electron chi connectivity index (χ4n) is 3.62. The molecule has 0 radical (unpaired) electrons. The number of thioether (sulfide) groups is 1. The zero-order chi connectivity index (χ0) is 24.1. The molecule has 2 aromatic heterocycles. The second-order valence-corrected chi connectivity index (χ2v) is 9.23. The summed E-state index contributed by atoms with van der Waals surface area (Å²) in [6.07, 6.45) is 0.538. The number of carbonyl (C=O) groups is 1. The fourth-order valence-corrected chi connectivity index (χ4v) is 4.45. The Labute approximate surface area is 207 Å². The predicted octanol–water partition coefficient (Wildman–Crippen LogP) is 5.34. The number of nitrogens with one attached hydrogen (secondary N) is 1. The Balaban J connectivity index is 1.66. The maximum Gasteiger partial charge on any atom is 0.257 e. The first-order chi connectivity index (χ1) is 16.4. The van der Waals surface area contributed by atoms with Crippen molar-refractivity contribution in [2.45, 2.75) is 24.5 Å². The van der Waals surface area contributed by atoms with Gasteiger partial charge in [-0.2, -0.15) is 0 Å². The Morgan fingerprint density at radius 2 is 1.82 bits per heavy atom. The van der Waals surface area contributed by atoms with E-state index in [1.54, 1.807) is 6.92 Å². The van der Waals surface area contributed by atoms with Crippen LogP contribution >= 0.6 is 23.4 Å². The van der Waals surface area contributed by atoms with Crippen molar-refractivity contribution in [2.75, 3.05) is 5.75 Å². The van der Waals surface area contributed by atoms with E-state index >= 15 is 0 Å². The van der Waals surface area contributed by atoms with Gasteiger partial charge in [0.2, 0.25) is 0 Å². The average molecular weight is 494 g/mol. The third-order valence-corrected chi connectivity index (χ3v) is 6.66. The first-order valence-electron chi connectivity index (χ1n) is 10.7. The summed E-state index contributed by atoms with van der Waals surface area (Å²) in [5.74, 6) is 1.31. The van der Waals surface area contributed by atoms with Crippen LogP contribution in [0.25, 0.3) is 11.3 Å². The molecule has 1 atom stereocenters. The summed E-state index contributed by atoms with van der Waals surface area (Å²) < 4.78 is 7.26. The third-order valence-electron chi connectivity index (χ3n) is 5.26. The van der Waals surface area contributed by atoms with Crippen molar-refractivity contribution < 1.29 is 9.32 Å². The number of hydrogen-bond acceptors (Lipinski definition) is 6. The van der Waals surface area contributed by atoms with Gasteiger partial charge in [-0.25, -0.2) is 0 Å². The summed E-state index contributed by atoms with van der Waals surface area (Å²) in [4.78, 5) is 13.5. The molecule has 9 heteroatoms. The lowest BCUT2D eigenvalue weighted by Gasteiger charge is -2.19. The van der Waals surface area contributed by atoms with Crippen LogP contribution in [0.4, 0.5) is 0 Å². The van der Waals surface area contributed by atoms with E-state index in [1.165, 1.54) is 11.8 Å². The molecule has 1 amide bonds. The maximum absolute atomic E-state index is 13.5. The summed E-state index contributed by atoms with van der Waals surface area (Å²) in [6, 6.07) is 19.0. The molecule has 0 aliphatic heterocycles. The number of carbonyl (C=O) groups excluding carboxylic acids is 1. The topological polar surface area (TPSA) is 85.8 Å². The number of benzene rings is 2. The summed E-state index contributed by atoms with van der Waals surface area (Å²) in [6.45, 7) is 5.46. The molecule has 0 aliphatic rings. The Hall–Kier alpha value is -3.36. The molecule has 0 bridgehead atoms. The molecule has 1 N–H and O–H groups in total. The van der Waals surface area contributed by atoms with Crippen LogP contribution in [0.1, 0.15) is 33.5 Å². The smallest absolute Gasteiger partial charge is 0.257 e. The molecule has 174 valence electrons. The van der Waals surface area contributed by atoms with Crippen LogP contribution in [0, 0.1) is 6.92 Å². The van der Waals surface area contributed by atoms with E-state index in [4.69, 9.17) is 16.1 Å². The molecule has 34 heavy (non-hydrogen) atoms. The van der Waals surface area contributed by atoms with Gasteiger partial charge >= 0.3 is 0 Å². The molecule has 2 aromatic carbocycles. The van der Waals surface area contributed by atoms with Crippen LogP contribution in [0.3, 0.4) is 0 Å². The number of hydrogen-bond donors (Lipinski definition) is 1. The minimum atomic E-state index is -0.432. The molecule has 4 aromatic rings. The van der Waals surface area contributed by atoms with Crippen LogP contribution in [-0.4, -0.2) is 31.6 Å². The van der Waals surface area contributed by atoms with Crippen molar-refractivity contribution in [1.29, 1.82) is 0 Å². The van der Waals surface area contributed by atoms with E-state index in [0.717, 1.165) is 11.1 Å². The normalized spacial score (nSPS) is 11.9. The van der Waals surface area contributed by atoms with Gasteiger partial charge in [0.25, 0.3) is 5.91 Å². The van der Waals surface area contributed by atoms with Crippen LogP contribution < -0.4 is 5.32 Å². The largest absolute Gasteiger partial charge is 0.360 e. The van der Waals surface area contributed by atoms with Gasteiger partial charge in [-0.3, -0.25) is 4.79 Å². The average Bonchev–Trinajstić information content (AvgIpc) is 3.40. The molecule has 0 spiro atoms. The summed E-state index contributed by atoms with van der Waals surface area (Å²) in [7, 11) is 1.87. The molecular formula is C25H24ClN5O2S. The highest BCUT2D eigenvalue weighted by Gasteiger charge is 2.27. The van der Waals surface area contributed by atoms with Crippen LogP contribution in [0.15, 0.2) is 82.0 Å². The quantitative estimate of drug-likeness (QED) is 0.317. The van der Waals surface area contributed by atoms with Crippen LogP contribution in [-0.2, 0) is 13.5 Å². The number of rotatable bonds is 9. The van der Waals surface area contributed by atoms with Crippen LogP contribution in [0.5, 0.6) is 0 Å². The van der Waals surface area contributed by atoms with Crippen LogP contribution in [0.2, 0.25) is 0 Å². The van der Waals surface area contributed by atoms with Gasteiger partial charge in [0.05, 0.1) is 6.04 Å². The number of aryl methyl sites for hydroxylation is 1. The second-order valence-electron chi connectivity index (χ2n) is 7.75. The van der Waals surface area contributed by atoms with E-state index in [1.807, 2.05) is 72.3 Å². The Bertz CT molecular complexity index is 1290. The van der Waals surface area contributed by atoms with Gasteiger partial charge in [0.15, 0.2) is 11.0 Å². The molecule has 1 unspecified atom stereocenters. The van der Waals surface area contributed by atoms with Crippen molar-refractivity contribution in [3.05, 3.63) is 95.0 Å². The fraction of sp³-hybridized carbons (Fsp3) is 0.200. The zero-order valence-electron chi connectivity index (χ0n) is 18.9. The Morgan fingerprint density at radius 3 is 2.50 bits per heavy atom. The van der Waals surface area contributed by atoms with E-state index < -0.39 is 6.04 Å². The predicted molar refractivity (Wildman–Crippen MR) is 134 cm³/mol. The van der Waals surface area contributed by atoms with Gasteiger partial charge < -0.3 is 14.4 Å². The molecule has 7 nitrogen and oxygen atoms in total. The molecule has 4 rings (SSSR count). The minimum Gasteiger partial charge on any atom is -0.360 e. The summed E-state index contributed by atoms with van der Waals surface area (Å²) >= 11 is 7.36. The number of halogens is 1. The first-order valence-corrected chi connectivity index (χ1v) is 12.0. The Kier molecular flexibility index (Phi) is 7.49. The number of nitrogens with zero attached hydrogens (tertiary/aromatic N) is 4. The lowest BCUT2D eigenvalue weighted by molar-refractivity contribution is 0.0933. The number of amides is 1. The van der Waals surface area contributed by atoms with E-state index in [0.29, 0.717) is 45.2 Å². The lowest BCUT2D eigenvalue weighted by Crippen LogP contribution is -2.32. The first kappa shape index (κ1) is 23.8. The molecular weight excluding hydrogens is 470 g/mol. The van der Waals surface area contributed by atoms with E-state index in [9.17, 15) is 4.79 Å². The summed E-state index contributed by atoms with van der Waals surface area (Å²) in [5, 5.41) is 17.2. The molecule has 0 saturated carbocycles. The van der Waals surface area contributed by atoms with Crippen molar-refractivity contribution in [3.8, 4) is 11.3 Å². The maximum atomic E-state index is 13.5. The molecule has 0 aliphatic carbocycles. The highest BCUT2D eigenvalue weighted by molar-refractivity contribution is 7.99. The van der Waals surface area contributed by atoms with Crippen molar-refractivity contribution in [3.63, 3.8) is 0 Å². The van der Waals surface area contributed by atoms with E-state index in [2.05, 4.69) is 27.2 Å². The summed E-state index contributed by atoms with van der Waals surface area (Å²) in [5.41, 5.74) is 2.77. The monoisotopic (exact) mass is 493 g/mol. The minimum absolute atomic E-state index is 0.287. The van der Waals surface area contributed by atoms with Gasteiger partial charge in [0, 0.05) is 23.4 Å². The van der Waals surface area contributed by atoms with E-state index in [-0.39, 0.29) is 5.91 Å². The van der Waals surface area contributed by atoms with Crippen molar-refractivity contribution >= 4 is 29.3 Å². The highest BCUT2D eigenvalue weighted by Crippen LogP contribution is 2.27. The van der Waals surface area contributed by atoms with Crippen molar-refractivity contribution in [1.82, 2.24) is 25.2 Å². The standard InChI is InChI=1S/C25H24ClN5O2S/c1-16(26)15-34-25-29-28-23(31(25)3)20(14-18-10-6-4-7-11-18)27-24(32)21-17(2)33-30-22(21)19-12-8-5-9-13-19/h4-13,20H,1,14-15H2,2-3H3,(H,27,32). The van der Waals surface area contributed by atoms with Gasteiger partial charge in [-0.1, -0.05) is 95.8 Å². The van der Waals surface area contributed by atoms with Gasteiger partial charge in [0.1, 0.15) is 17.0 Å². The van der Waals surface area contributed by atoms with Gasteiger partial charge in [-0.15, -0.1) is 10.2 Å². The highest BCUT2D eigenvalue weighted by atomic mass is 35.5. The van der Waals surface area contributed by atoms with Gasteiger partial charge in [-0.05, 0) is 18.9 Å². The SMILES string of the molecule is C=C(Cl)CSc1nnc(C(Cc2ccccc2)NC(=O)c2c(-c3ccccc3)noc2C)n1C. The molecule has 0 saturated heterocycles. The second kappa shape index (κ2) is 10.7. The molecule has 2 heterocycles. The number of aromatic nitrogens is 4. The molecule has 0 fully saturated rings. The van der Waals surface area contributed by atoms with Crippen molar-refractivity contribution in [2.24, 2.45) is 7.05 Å². The Morgan fingerprint density at radius 1 is 1.15 bits per heavy atom. The third kappa shape index (κ3) is 5.40. The lowest BCUT2D eigenvalue weighted by atomic mass is 10.0.